The summed E-state index contributed by atoms with van der Waals surface area (Å²) in [5.41, 5.74) is 6.47. The Morgan fingerprint density at radius 1 is 0.963 bits per heavy atom. The van der Waals surface area contributed by atoms with Gasteiger partial charge in [-0.15, -0.1) is 0 Å². The Labute approximate surface area is 166 Å². The van der Waals surface area contributed by atoms with Crippen molar-refractivity contribution in [2.24, 2.45) is 17.8 Å². The van der Waals surface area contributed by atoms with Crippen LogP contribution in [0.3, 0.4) is 0 Å². The molecule has 27 heavy (non-hydrogen) atoms. The molecule has 0 aromatic heterocycles. The highest BCUT2D eigenvalue weighted by atomic mass is 28.4. The molecule has 3 heteroatoms. The van der Waals surface area contributed by atoms with Gasteiger partial charge in [-0.1, -0.05) is 29.8 Å². The number of hydrogen-bond donors (Lipinski definition) is 0. The van der Waals surface area contributed by atoms with Crippen LogP contribution in [0.25, 0.3) is 6.08 Å². The molecule has 1 aromatic rings. The number of benzene rings is 1. The molecule has 3 unspecified atom stereocenters. The van der Waals surface area contributed by atoms with Crippen LogP contribution in [0.4, 0.5) is 0 Å². The topological polar surface area (TPSA) is 9.23 Å². The first-order valence-electron chi connectivity index (χ1n) is 11.2. The number of fused-ring (bicyclic) bond motifs is 1. The van der Waals surface area contributed by atoms with Gasteiger partial charge in [-0.25, -0.2) is 0 Å². The molecule has 7 rings (SSSR count). The first-order valence-corrected chi connectivity index (χ1v) is 17.0. The third-order valence-corrected chi connectivity index (χ3v) is 20.1. The fourth-order valence-electron chi connectivity index (χ4n) is 9.56. The zero-order valence-electron chi connectivity index (χ0n) is 17.7. The van der Waals surface area contributed by atoms with Crippen LogP contribution in [0.1, 0.15) is 55.7 Å². The van der Waals surface area contributed by atoms with Gasteiger partial charge in [0, 0.05) is 5.04 Å². The second-order valence-corrected chi connectivity index (χ2v) is 20.2. The molecule has 1 heterocycles. The molecule has 0 amide bonds. The average molecular weight is 395 g/mol. The minimum Gasteiger partial charge on any atom is -0.454 e. The van der Waals surface area contributed by atoms with Gasteiger partial charge >= 0.3 is 0 Å². The first-order chi connectivity index (χ1) is 12.7. The van der Waals surface area contributed by atoms with Crippen molar-refractivity contribution in [3.8, 4) is 0 Å². The quantitative estimate of drug-likeness (QED) is 0.498. The lowest BCUT2D eigenvalue weighted by Gasteiger charge is -2.69. The van der Waals surface area contributed by atoms with Gasteiger partial charge in [0.15, 0.2) is 16.6 Å². The van der Waals surface area contributed by atoms with Gasteiger partial charge in [-0.3, -0.25) is 0 Å². The van der Waals surface area contributed by atoms with E-state index in [4.69, 9.17) is 4.12 Å². The molecule has 0 N–H and O–H groups in total. The third kappa shape index (κ3) is 1.77. The SMILES string of the molecule is CC1=Cc2c(cccc2C23C4CC5CC(C4)CC2(C5)[Si](C)(C)O[Si]3(C)C)C1. The van der Waals surface area contributed by atoms with E-state index in [0.29, 0.717) is 10.1 Å². The average Bonchev–Trinajstić information content (AvgIpc) is 2.98. The minimum atomic E-state index is -1.88. The third-order valence-electron chi connectivity index (χ3n) is 9.64. The Bertz CT molecular complexity index is 868. The van der Waals surface area contributed by atoms with E-state index in [1.165, 1.54) is 32.1 Å². The van der Waals surface area contributed by atoms with E-state index < -0.39 is 16.6 Å². The Kier molecular flexibility index (Phi) is 3.13. The molecular weight excluding hydrogens is 360 g/mol. The fourth-order valence-corrected chi connectivity index (χ4v) is 24.2. The molecule has 5 aliphatic carbocycles. The minimum absolute atomic E-state index is 0.357. The summed E-state index contributed by atoms with van der Waals surface area (Å²) < 4.78 is 7.36. The van der Waals surface area contributed by atoms with Gasteiger partial charge in [0.05, 0.1) is 0 Å². The maximum atomic E-state index is 7.36. The van der Waals surface area contributed by atoms with Crippen molar-refractivity contribution in [3.63, 3.8) is 0 Å². The molecule has 4 saturated carbocycles. The Hall–Kier alpha value is -0.646. The molecule has 3 atom stereocenters. The maximum absolute atomic E-state index is 7.36. The smallest absolute Gasteiger partial charge is 0.184 e. The highest BCUT2D eigenvalue weighted by molar-refractivity contribution is 6.94. The van der Waals surface area contributed by atoms with E-state index >= 15 is 0 Å². The lowest BCUT2D eigenvalue weighted by Crippen LogP contribution is -2.67. The van der Waals surface area contributed by atoms with Crippen LogP contribution in [-0.4, -0.2) is 16.6 Å². The molecule has 6 aliphatic rings. The van der Waals surface area contributed by atoms with Gasteiger partial charge in [0.2, 0.25) is 0 Å². The lowest BCUT2D eigenvalue weighted by atomic mass is 9.49. The summed E-state index contributed by atoms with van der Waals surface area (Å²) in [5, 5.41) is 0.847. The van der Waals surface area contributed by atoms with Crippen molar-refractivity contribution < 1.29 is 4.12 Å². The van der Waals surface area contributed by atoms with Gasteiger partial charge in [0.1, 0.15) is 0 Å². The van der Waals surface area contributed by atoms with Crippen LogP contribution >= 0.6 is 0 Å². The van der Waals surface area contributed by atoms with Crippen molar-refractivity contribution in [2.45, 2.75) is 81.7 Å². The molecule has 1 aliphatic heterocycles. The van der Waals surface area contributed by atoms with E-state index in [1.807, 2.05) is 0 Å². The summed E-state index contributed by atoms with van der Waals surface area (Å²) in [7, 11) is -3.63. The van der Waals surface area contributed by atoms with Crippen molar-refractivity contribution in [3.05, 3.63) is 40.5 Å². The molecule has 0 radical (unpaired) electrons. The van der Waals surface area contributed by atoms with Crippen molar-refractivity contribution >= 4 is 22.7 Å². The van der Waals surface area contributed by atoms with E-state index in [2.05, 4.69) is 57.4 Å². The second kappa shape index (κ2) is 4.91. The normalized spacial score (nSPS) is 44.9. The molecule has 1 saturated heterocycles. The van der Waals surface area contributed by atoms with Crippen LogP contribution in [0, 0.1) is 17.8 Å². The number of rotatable bonds is 1. The van der Waals surface area contributed by atoms with E-state index in [1.54, 1.807) is 22.3 Å². The summed E-state index contributed by atoms with van der Waals surface area (Å²) in [6.07, 6.45) is 11.1. The highest BCUT2D eigenvalue weighted by Gasteiger charge is 2.81. The van der Waals surface area contributed by atoms with Crippen molar-refractivity contribution in [1.29, 1.82) is 0 Å². The van der Waals surface area contributed by atoms with Crippen LogP contribution in [0.5, 0.6) is 0 Å². The second-order valence-electron chi connectivity index (χ2n) is 11.6. The number of hydrogen-bond acceptors (Lipinski definition) is 1. The summed E-state index contributed by atoms with van der Waals surface area (Å²) in [5.74, 6) is 2.85. The van der Waals surface area contributed by atoms with E-state index in [-0.39, 0.29) is 0 Å². The van der Waals surface area contributed by atoms with E-state index in [9.17, 15) is 0 Å². The van der Waals surface area contributed by atoms with E-state index in [0.717, 1.165) is 24.2 Å². The summed E-state index contributed by atoms with van der Waals surface area (Å²) in [4.78, 5) is 0. The fraction of sp³-hybridized carbons (Fsp3) is 0.667. The lowest BCUT2D eigenvalue weighted by molar-refractivity contribution is -0.0178. The summed E-state index contributed by atoms with van der Waals surface area (Å²) in [6.45, 7) is 12.7. The zero-order chi connectivity index (χ0) is 18.8. The largest absolute Gasteiger partial charge is 0.454 e. The van der Waals surface area contributed by atoms with Gasteiger partial charge in [-0.05, 0) is 111 Å². The molecule has 144 valence electrons. The number of allylic oxidation sites excluding steroid dienone is 1. The maximum Gasteiger partial charge on any atom is 0.184 e. The standard InChI is InChI=1S/C24H34OSi2/c1-16-9-19-7-6-8-22(21(19)10-16)24-20-12-17-11-18(13-20)15-23(24,14-17)26(2,3)25-27(24,4)5/h6-8,10,17-18,20H,9,11-15H2,1-5H3. The molecule has 4 bridgehead atoms. The Morgan fingerprint density at radius 3 is 2.37 bits per heavy atom. The van der Waals surface area contributed by atoms with Gasteiger partial charge < -0.3 is 4.12 Å². The Morgan fingerprint density at radius 2 is 1.67 bits per heavy atom. The summed E-state index contributed by atoms with van der Waals surface area (Å²) >= 11 is 0. The predicted octanol–water partition coefficient (Wildman–Crippen LogP) is 6.44. The zero-order valence-corrected chi connectivity index (χ0v) is 19.7. The van der Waals surface area contributed by atoms with Crippen LogP contribution in [0.2, 0.25) is 31.2 Å². The molecule has 5 fully saturated rings. The first kappa shape index (κ1) is 17.2. The van der Waals surface area contributed by atoms with Crippen LogP contribution in [-0.2, 0) is 15.6 Å². The predicted molar refractivity (Wildman–Crippen MR) is 118 cm³/mol. The van der Waals surface area contributed by atoms with Gasteiger partial charge in [-0.2, -0.15) is 0 Å². The van der Waals surface area contributed by atoms with Crippen molar-refractivity contribution in [2.75, 3.05) is 0 Å². The molecule has 1 aromatic carbocycles. The Balaban J connectivity index is 1.70. The van der Waals surface area contributed by atoms with Gasteiger partial charge in [0.25, 0.3) is 0 Å². The van der Waals surface area contributed by atoms with Crippen LogP contribution in [0.15, 0.2) is 23.8 Å². The van der Waals surface area contributed by atoms with Crippen molar-refractivity contribution in [1.82, 2.24) is 0 Å². The monoisotopic (exact) mass is 394 g/mol. The highest BCUT2D eigenvalue weighted by Crippen LogP contribution is 2.81. The molecule has 1 nitrogen and oxygen atoms in total. The molecular formula is C24H34OSi2. The summed E-state index contributed by atoms with van der Waals surface area (Å²) in [6, 6.07) is 7.31. The molecule has 1 spiro atoms. The van der Waals surface area contributed by atoms with Crippen LogP contribution < -0.4 is 0 Å².